The van der Waals surface area contributed by atoms with Crippen LogP contribution in [0.5, 0.6) is 11.5 Å². The SMILES string of the molecule is COC(=O)c1ccc(O[C@H]2C[C@H](N3CCOC4(CCN(c5ccc(C(=O)O)cc5)CC4)C3)C2)cc1OC. The number of benzene rings is 2. The van der Waals surface area contributed by atoms with E-state index in [4.69, 9.17) is 24.1 Å². The minimum absolute atomic E-state index is 0.126. The first-order valence-corrected chi connectivity index (χ1v) is 12.8. The van der Waals surface area contributed by atoms with Gasteiger partial charge in [0, 0.05) is 56.8 Å². The van der Waals surface area contributed by atoms with Crippen molar-refractivity contribution in [3.63, 3.8) is 0 Å². The number of carboxylic acid groups (broad SMARTS) is 1. The molecule has 9 heteroatoms. The van der Waals surface area contributed by atoms with Crippen LogP contribution in [0.1, 0.15) is 46.4 Å². The molecular formula is C28H34N2O7. The number of hydrogen-bond donors (Lipinski definition) is 1. The van der Waals surface area contributed by atoms with Gasteiger partial charge in [0.25, 0.3) is 0 Å². The first-order chi connectivity index (χ1) is 17.9. The smallest absolute Gasteiger partial charge is 0.341 e. The lowest BCUT2D eigenvalue weighted by atomic mass is 9.83. The molecule has 2 saturated heterocycles. The first-order valence-electron chi connectivity index (χ1n) is 12.8. The van der Waals surface area contributed by atoms with Crippen molar-refractivity contribution < 1.29 is 33.6 Å². The van der Waals surface area contributed by atoms with Gasteiger partial charge in [0.2, 0.25) is 0 Å². The Hall–Kier alpha value is -3.30. The summed E-state index contributed by atoms with van der Waals surface area (Å²) in [6.07, 6.45) is 3.94. The fourth-order valence-corrected chi connectivity index (χ4v) is 5.62. The van der Waals surface area contributed by atoms with E-state index in [1.807, 2.05) is 12.1 Å². The zero-order valence-electron chi connectivity index (χ0n) is 21.4. The normalized spacial score (nSPS) is 23.2. The number of hydrogen-bond acceptors (Lipinski definition) is 8. The molecular weight excluding hydrogens is 476 g/mol. The summed E-state index contributed by atoms with van der Waals surface area (Å²) in [6.45, 7) is 4.38. The Labute approximate surface area is 216 Å². The second kappa shape index (κ2) is 10.6. The van der Waals surface area contributed by atoms with Crippen molar-refractivity contribution in [2.24, 2.45) is 0 Å². The molecule has 1 saturated carbocycles. The standard InChI is InChI=1S/C28H34N2O7/c1-34-25-17-22(7-8-24(25)27(33)35-2)37-23-15-21(16-23)30-13-14-36-28(18-30)9-11-29(12-10-28)20-5-3-19(4-6-20)26(31)32/h3-8,17,21,23H,9-16,18H2,1-2H3,(H,31,32)/t21-,23-. The molecule has 1 aliphatic carbocycles. The molecule has 2 aromatic rings. The van der Waals surface area contributed by atoms with E-state index >= 15 is 0 Å². The van der Waals surface area contributed by atoms with Gasteiger partial charge in [0.15, 0.2) is 0 Å². The van der Waals surface area contributed by atoms with Crippen molar-refractivity contribution in [2.45, 2.75) is 43.4 Å². The highest BCUT2D eigenvalue weighted by Crippen LogP contribution is 2.37. The van der Waals surface area contributed by atoms with Crippen molar-refractivity contribution >= 4 is 17.6 Å². The quantitative estimate of drug-likeness (QED) is 0.562. The van der Waals surface area contributed by atoms with Gasteiger partial charge in [-0.05, 0) is 49.2 Å². The average Bonchev–Trinajstić information content (AvgIpc) is 2.90. The lowest BCUT2D eigenvalue weighted by Gasteiger charge is -2.52. The second-order valence-corrected chi connectivity index (χ2v) is 10.1. The Morgan fingerprint density at radius 1 is 1.03 bits per heavy atom. The highest BCUT2D eigenvalue weighted by molar-refractivity contribution is 5.92. The number of morpholine rings is 1. The molecule has 0 atom stereocenters. The molecule has 2 aromatic carbocycles. The molecule has 0 unspecified atom stereocenters. The number of rotatable bonds is 7. The first kappa shape index (κ1) is 25.4. The van der Waals surface area contributed by atoms with Gasteiger partial charge in [0.1, 0.15) is 23.2 Å². The lowest BCUT2D eigenvalue weighted by molar-refractivity contribution is -0.143. The number of carbonyl (C=O) groups excluding carboxylic acids is 1. The number of esters is 1. The van der Waals surface area contributed by atoms with E-state index in [9.17, 15) is 9.59 Å². The highest BCUT2D eigenvalue weighted by atomic mass is 16.5. The van der Waals surface area contributed by atoms with Gasteiger partial charge < -0.3 is 29.0 Å². The summed E-state index contributed by atoms with van der Waals surface area (Å²) in [6, 6.07) is 12.8. The Morgan fingerprint density at radius 2 is 1.76 bits per heavy atom. The molecule has 0 radical (unpaired) electrons. The van der Waals surface area contributed by atoms with Gasteiger partial charge >= 0.3 is 11.9 Å². The molecule has 3 fully saturated rings. The van der Waals surface area contributed by atoms with Crippen LogP contribution in [0.15, 0.2) is 42.5 Å². The minimum Gasteiger partial charge on any atom is -0.496 e. The molecule has 0 bridgehead atoms. The molecule has 0 amide bonds. The van der Waals surface area contributed by atoms with Crippen LogP contribution in [-0.2, 0) is 9.47 Å². The summed E-state index contributed by atoms with van der Waals surface area (Å²) >= 11 is 0. The number of nitrogens with zero attached hydrogens (tertiary/aromatic N) is 2. The van der Waals surface area contributed by atoms with E-state index in [1.54, 1.807) is 30.3 Å². The van der Waals surface area contributed by atoms with Gasteiger partial charge in [-0.2, -0.15) is 0 Å². The zero-order valence-corrected chi connectivity index (χ0v) is 21.4. The minimum atomic E-state index is -0.903. The van der Waals surface area contributed by atoms with E-state index in [0.29, 0.717) is 28.7 Å². The zero-order chi connectivity index (χ0) is 26.0. The molecule has 198 valence electrons. The topological polar surface area (TPSA) is 97.8 Å². The monoisotopic (exact) mass is 510 g/mol. The maximum atomic E-state index is 11.9. The number of methoxy groups -OCH3 is 2. The fraction of sp³-hybridized carbons (Fsp3) is 0.500. The number of carboxylic acids is 1. The van der Waals surface area contributed by atoms with Crippen LogP contribution in [0, 0.1) is 0 Å². The summed E-state index contributed by atoms with van der Waals surface area (Å²) in [5.74, 6) is -0.204. The van der Waals surface area contributed by atoms with Gasteiger partial charge in [-0.3, -0.25) is 4.90 Å². The van der Waals surface area contributed by atoms with Crippen LogP contribution >= 0.6 is 0 Å². The van der Waals surface area contributed by atoms with Crippen molar-refractivity contribution in [3.05, 3.63) is 53.6 Å². The fourth-order valence-electron chi connectivity index (χ4n) is 5.62. The summed E-state index contributed by atoms with van der Waals surface area (Å²) in [5, 5.41) is 9.13. The summed E-state index contributed by atoms with van der Waals surface area (Å²) < 4.78 is 22.7. The summed E-state index contributed by atoms with van der Waals surface area (Å²) in [4.78, 5) is 27.9. The van der Waals surface area contributed by atoms with Gasteiger partial charge in [-0.25, -0.2) is 9.59 Å². The molecule has 3 aliphatic rings. The van der Waals surface area contributed by atoms with E-state index in [0.717, 1.165) is 64.2 Å². The largest absolute Gasteiger partial charge is 0.496 e. The number of carbonyl (C=O) groups is 2. The number of anilines is 1. The predicted molar refractivity (Wildman–Crippen MR) is 137 cm³/mol. The molecule has 9 nitrogen and oxygen atoms in total. The molecule has 1 spiro atoms. The number of ether oxygens (including phenoxy) is 4. The molecule has 2 aliphatic heterocycles. The lowest BCUT2D eigenvalue weighted by Crippen LogP contribution is -2.61. The third-order valence-electron chi connectivity index (χ3n) is 7.90. The third-order valence-corrected chi connectivity index (χ3v) is 7.90. The molecule has 5 rings (SSSR count). The molecule has 37 heavy (non-hydrogen) atoms. The van der Waals surface area contributed by atoms with Gasteiger partial charge in [-0.15, -0.1) is 0 Å². The van der Waals surface area contributed by atoms with Gasteiger partial charge in [-0.1, -0.05) is 0 Å². The highest BCUT2D eigenvalue weighted by Gasteiger charge is 2.44. The molecule has 0 aromatic heterocycles. The van der Waals surface area contributed by atoms with Crippen molar-refractivity contribution in [1.82, 2.24) is 4.90 Å². The Kier molecular flexibility index (Phi) is 7.26. The van der Waals surface area contributed by atoms with Crippen LogP contribution in [0.3, 0.4) is 0 Å². The van der Waals surface area contributed by atoms with E-state index in [-0.39, 0.29) is 11.7 Å². The van der Waals surface area contributed by atoms with E-state index in [2.05, 4.69) is 9.80 Å². The summed E-state index contributed by atoms with van der Waals surface area (Å²) in [5.41, 5.74) is 1.62. The van der Waals surface area contributed by atoms with Crippen LogP contribution in [0.25, 0.3) is 0 Å². The maximum Gasteiger partial charge on any atom is 0.341 e. The van der Waals surface area contributed by atoms with E-state index in [1.165, 1.54) is 14.2 Å². The van der Waals surface area contributed by atoms with Crippen LogP contribution in [0.2, 0.25) is 0 Å². The number of piperidine rings is 1. The Morgan fingerprint density at radius 3 is 2.41 bits per heavy atom. The third kappa shape index (κ3) is 5.38. The molecule has 1 N–H and O–H groups in total. The second-order valence-electron chi connectivity index (χ2n) is 10.1. The molecule has 2 heterocycles. The Balaban J connectivity index is 1.12. The number of aromatic carboxylic acids is 1. The van der Waals surface area contributed by atoms with Crippen molar-refractivity contribution in [3.8, 4) is 11.5 Å². The predicted octanol–water partition coefficient (Wildman–Crippen LogP) is 3.46. The maximum absolute atomic E-state index is 11.9. The van der Waals surface area contributed by atoms with E-state index < -0.39 is 11.9 Å². The van der Waals surface area contributed by atoms with Crippen LogP contribution < -0.4 is 14.4 Å². The van der Waals surface area contributed by atoms with Crippen molar-refractivity contribution in [2.75, 3.05) is 51.9 Å². The van der Waals surface area contributed by atoms with Gasteiger partial charge in [0.05, 0.1) is 32.0 Å². The van der Waals surface area contributed by atoms with Crippen molar-refractivity contribution in [1.29, 1.82) is 0 Å². The summed E-state index contributed by atoms with van der Waals surface area (Å²) in [7, 11) is 2.88. The Bertz CT molecular complexity index is 1120. The van der Waals surface area contributed by atoms with Crippen LogP contribution in [0.4, 0.5) is 5.69 Å². The van der Waals surface area contributed by atoms with Crippen LogP contribution in [-0.4, -0.2) is 86.7 Å². The average molecular weight is 511 g/mol.